The highest BCUT2D eigenvalue weighted by molar-refractivity contribution is 8.13. The summed E-state index contributed by atoms with van der Waals surface area (Å²) in [4.78, 5) is 24.1. The Hall–Kier alpha value is -1.60. The minimum Gasteiger partial charge on any atom is -0.338 e. The molecule has 6 nitrogen and oxygen atoms in total. The first-order chi connectivity index (χ1) is 9.17. The molecule has 1 unspecified atom stereocenters. The van der Waals surface area contributed by atoms with E-state index in [9.17, 15) is 18.0 Å². The van der Waals surface area contributed by atoms with E-state index in [2.05, 4.69) is 10.6 Å². The number of anilines is 1. The van der Waals surface area contributed by atoms with Gasteiger partial charge in [0.2, 0.25) is 5.91 Å². The zero-order valence-electron chi connectivity index (χ0n) is 10.9. The molecule has 2 rings (SSSR count). The van der Waals surface area contributed by atoms with Crippen LogP contribution in [0.3, 0.4) is 0 Å². The van der Waals surface area contributed by atoms with E-state index in [-0.39, 0.29) is 22.1 Å². The molecule has 0 aliphatic carbocycles. The van der Waals surface area contributed by atoms with Crippen molar-refractivity contribution in [2.24, 2.45) is 0 Å². The molecule has 0 fully saturated rings. The van der Waals surface area contributed by atoms with E-state index in [1.807, 2.05) is 0 Å². The smallest absolute Gasteiger partial charge is 0.261 e. The lowest BCUT2D eigenvalue weighted by Crippen LogP contribution is -2.52. The Morgan fingerprint density at radius 3 is 2.50 bits per heavy atom. The summed E-state index contributed by atoms with van der Waals surface area (Å²) in [5.74, 6) is -0.876. The summed E-state index contributed by atoms with van der Waals surface area (Å²) in [5.41, 5.74) is -0.721. The number of fused-ring (bicyclic) bond motifs is 1. The van der Waals surface area contributed by atoms with Crippen LogP contribution < -0.4 is 10.6 Å². The molecular weight excluding hydrogens is 304 g/mol. The largest absolute Gasteiger partial charge is 0.338 e. The number of nitrogens with one attached hydrogen (secondary N) is 2. The minimum absolute atomic E-state index is 0.0669. The fourth-order valence-electron chi connectivity index (χ4n) is 1.86. The zero-order valence-corrected chi connectivity index (χ0v) is 12.4. The second-order valence-electron chi connectivity index (χ2n) is 4.74. The molecule has 0 bridgehead atoms. The van der Waals surface area contributed by atoms with Gasteiger partial charge in [0, 0.05) is 10.7 Å². The van der Waals surface area contributed by atoms with Crippen LogP contribution in [-0.2, 0) is 13.8 Å². The first kappa shape index (κ1) is 14.8. The summed E-state index contributed by atoms with van der Waals surface area (Å²) in [6.45, 7) is 3.37. The Kier molecular flexibility index (Phi) is 3.51. The molecule has 1 aromatic carbocycles. The van der Waals surface area contributed by atoms with Crippen LogP contribution in [0.25, 0.3) is 0 Å². The SMILES string of the molecule is CCC1(C)NC(=O)c2cc(S(=O)(=O)Cl)ccc2NC1=O. The molecule has 0 saturated carbocycles. The highest BCUT2D eigenvalue weighted by Crippen LogP contribution is 2.27. The van der Waals surface area contributed by atoms with Crippen molar-refractivity contribution in [1.82, 2.24) is 5.32 Å². The van der Waals surface area contributed by atoms with Gasteiger partial charge in [-0.3, -0.25) is 9.59 Å². The molecule has 1 aliphatic heterocycles. The first-order valence-corrected chi connectivity index (χ1v) is 8.21. The number of amides is 2. The van der Waals surface area contributed by atoms with Crippen LogP contribution in [-0.4, -0.2) is 25.8 Å². The second-order valence-corrected chi connectivity index (χ2v) is 7.31. The molecule has 2 amide bonds. The fraction of sp³-hybridized carbons (Fsp3) is 0.333. The van der Waals surface area contributed by atoms with Crippen molar-refractivity contribution in [3.63, 3.8) is 0 Å². The molecule has 1 atom stereocenters. The molecule has 8 heteroatoms. The standard InChI is InChI=1S/C12H13ClN2O4S/c1-3-12(2)11(17)14-9-5-4-7(20(13,18)19)6-8(9)10(16)15-12/h4-6H,3H2,1-2H3,(H,14,17)(H,15,16). The predicted octanol–water partition coefficient (Wildman–Crippen LogP) is 1.46. The van der Waals surface area contributed by atoms with E-state index in [0.29, 0.717) is 6.42 Å². The van der Waals surface area contributed by atoms with Gasteiger partial charge in [-0.05, 0) is 31.5 Å². The van der Waals surface area contributed by atoms with Gasteiger partial charge in [0.05, 0.1) is 16.1 Å². The normalized spacial score (nSPS) is 22.6. The van der Waals surface area contributed by atoms with Crippen molar-refractivity contribution < 1.29 is 18.0 Å². The molecule has 2 N–H and O–H groups in total. The molecule has 0 saturated heterocycles. The number of carbonyl (C=O) groups is 2. The van der Waals surface area contributed by atoms with Crippen molar-refractivity contribution in [3.8, 4) is 0 Å². The topological polar surface area (TPSA) is 92.3 Å². The maximum atomic E-state index is 12.2. The van der Waals surface area contributed by atoms with Crippen LogP contribution in [0.1, 0.15) is 30.6 Å². The van der Waals surface area contributed by atoms with E-state index in [1.165, 1.54) is 12.1 Å². The summed E-state index contributed by atoms with van der Waals surface area (Å²) >= 11 is 0. The van der Waals surface area contributed by atoms with Crippen LogP contribution >= 0.6 is 10.7 Å². The van der Waals surface area contributed by atoms with Crippen molar-refractivity contribution in [3.05, 3.63) is 23.8 Å². The van der Waals surface area contributed by atoms with E-state index in [4.69, 9.17) is 10.7 Å². The third kappa shape index (κ3) is 2.51. The number of carbonyl (C=O) groups excluding carboxylic acids is 2. The second kappa shape index (κ2) is 4.75. The number of rotatable bonds is 2. The number of benzene rings is 1. The predicted molar refractivity (Wildman–Crippen MR) is 74.3 cm³/mol. The fourth-order valence-corrected chi connectivity index (χ4v) is 2.63. The zero-order chi connectivity index (χ0) is 15.1. The van der Waals surface area contributed by atoms with Gasteiger partial charge in [-0.2, -0.15) is 0 Å². The van der Waals surface area contributed by atoms with Crippen molar-refractivity contribution >= 4 is 37.2 Å². The van der Waals surface area contributed by atoms with Crippen LogP contribution in [0.5, 0.6) is 0 Å². The Morgan fingerprint density at radius 2 is 1.95 bits per heavy atom. The van der Waals surface area contributed by atoms with Crippen molar-refractivity contribution in [2.75, 3.05) is 5.32 Å². The Balaban J connectivity index is 2.57. The summed E-state index contributed by atoms with van der Waals surface area (Å²) in [6.07, 6.45) is 0.402. The van der Waals surface area contributed by atoms with Gasteiger partial charge in [0.15, 0.2) is 0 Å². The molecule has 1 heterocycles. The minimum atomic E-state index is -3.94. The van der Waals surface area contributed by atoms with Crippen LogP contribution in [0.4, 0.5) is 5.69 Å². The maximum absolute atomic E-state index is 12.2. The quantitative estimate of drug-likeness (QED) is 0.808. The van der Waals surface area contributed by atoms with Gasteiger partial charge in [0.1, 0.15) is 5.54 Å². The molecule has 108 valence electrons. The van der Waals surface area contributed by atoms with Gasteiger partial charge in [-0.25, -0.2) is 8.42 Å². The first-order valence-electron chi connectivity index (χ1n) is 5.90. The van der Waals surface area contributed by atoms with Crippen LogP contribution in [0.15, 0.2) is 23.1 Å². The Labute approximate surface area is 120 Å². The molecular formula is C12H13ClN2O4S. The van der Waals surface area contributed by atoms with Gasteiger partial charge >= 0.3 is 0 Å². The van der Waals surface area contributed by atoms with Crippen molar-refractivity contribution in [2.45, 2.75) is 30.7 Å². The van der Waals surface area contributed by atoms with Gasteiger partial charge in [0.25, 0.3) is 15.0 Å². The van der Waals surface area contributed by atoms with Crippen molar-refractivity contribution in [1.29, 1.82) is 0 Å². The molecule has 0 radical (unpaired) electrons. The number of hydrogen-bond donors (Lipinski definition) is 2. The lowest BCUT2D eigenvalue weighted by molar-refractivity contribution is -0.121. The third-order valence-electron chi connectivity index (χ3n) is 3.36. The average molecular weight is 317 g/mol. The molecule has 1 aliphatic rings. The van der Waals surface area contributed by atoms with Gasteiger partial charge in [-0.15, -0.1) is 0 Å². The maximum Gasteiger partial charge on any atom is 0.261 e. The highest BCUT2D eigenvalue weighted by Gasteiger charge is 2.37. The molecule has 1 aromatic rings. The lowest BCUT2D eigenvalue weighted by Gasteiger charge is -2.25. The van der Waals surface area contributed by atoms with Crippen LogP contribution in [0, 0.1) is 0 Å². The molecule has 0 spiro atoms. The molecule has 0 aromatic heterocycles. The van der Waals surface area contributed by atoms with E-state index < -0.39 is 20.5 Å². The van der Waals surface area contributed by atoms with E-state index in [0.717, 1.165) is 6.07 Å². The highest BCUT2D eigenvalue weighted by atomic mass is 35.7. The summed E-state index contributed by atoms with van der Waals surface area (Å²) < 4.78 is 22.6. The summed E-state index contributed by atoms with van der Waals surface area (Å²) in [5, 5.41) is 5.21. The monoisotopic (exact) mass is 316 g/mol. The summed E-state index contributed by atoms with van der Waals surface area (Å²) in [7, 11) is 1.31. The van der Waals surface area contributed by atoms with Gasteiger partial charge < -0.3 is 10.6 Å². The van der Waals surface area contributed by atoms with E-state index >= 15 is 0 Å². The number of halogens is 1. The third-order valence-corrected chi connectivity index (χ3v) is 4.71. The van der Waals surface area contributed by atoms with E-state index in [1.54, 1.807) is 13.8 Å². The molecule has 20 heavy (non-hydrogen) atoms. The van der Waals surface area contributed by atoms with Gasteiger partial charge in [-0.1, -0.05) is 6.92 Å². The average Bonchev–Trinajstić information content (AvgIpc) is 2.45. The Morgan fingerprint density at radius 1 is 1.30 bits per heavy atom. The van der Waals surface area contributed by atoms with Crippen LogP contribution in [0.2, 0.25) is 0 Å². The lowest BCUT2D eigenvalue weighted by atomic mass is 9.98. The number of hydrogen-bond acceptors (Lipinski definition) is 4. The Bertz CT molecular complexity index is 701. The summed E-state index contributed by atoms with van der Waals surface area (Å²) in [6, 6.07) is 3.74.